The largest absolute Gasteiger partial charge is 0.302 e. The average Bonchev–Trinajstić information content (AvgIpc) is 1.57. The van der Waals surface area contributed by atoms with E-state index in [1.807, 2.05) is 0 Å². The Hall–Kier alpha value is 0.390. The lowest BCUT2D eigenvalue weighted by Gasteiger charge is -2.40. The molecule has 1 aliphatic rings. The Morgan fingerprint density at radius 1 is 1.40 bits per heavy atom. The van der Waals surface area contributed by atoms with E-state index in [0.29, 0.717) is 5.41 Å². The van der Waals surface area contributed by atoms with Gasteiger partial charge in [-0.05, 0) is 11.1 Å². The SMILES string of the molecule is CC(C)(C)CN1CC(P)C1. The fourth-order valence-corrected chi connectivity index (χ4v) is 2.01. The van der Waals surface area contributed by atoms with Gasteiger partial charge in [-0.1, -0.05) is 20.8 Å². The minimum absolute atomic E-state index is 0.477. The molecular weight excluding hydrogens is 141 g/mol. The van der Waals surface area contributed by atoms with Crippen molar-refractivity contribution in [2.45, 2.75) is 26.4 Å². The molecule has 10 heavy (non-hydrogen) atoms. The molecule has 1 atom stereocenters. The molecular formula is C8H18NP. The van der Waals surface area contributed by atoms with Crippen LogP contribution in [0.3, 0.4) is 0 Å². The summed E-state index contributed by atoms with van der Waals surface area (Å²) in [4.78, 5) is 2.51. The molecule has 1 unspecified atom stereocenters. The monoisotopic (exact) mass is 159 g/mol. The maximum absolute atomic E-state index is 2.87. The van der Waals surface area contributed by atoms with Gasteiger partial charge in [0.25, 0.3) is 0 Å². The number of rotatable bonds is 1. The van der Waals surface area contributed by atoms with Gasteiger partial charge in [0.1, 0.15) is 0 Å². The van der Waals surface area contributed by atoms with E-state index in [2.05, 4.69) is 34.9 Å². The van der Waals surface area contributed by atoms with E-state index in [1.54, 1.807) is 0 Å². The third-order valence-electron chi connectivity index (χ3n) is 1.68. The predicted octanol–water partition coefficient (Wildman–Crippen LogP) is 1.59. The van der Waals surface area contributed by atoms with Crippen molar-refractivity contribution >= 4 is 9.24 Å². The molecule has 0 aliphatic carbocycles. The first-order valence-electron chi connectivity index (χ1n) is 3.95. The van der Waals surface area contributed by atoms with Crippen LogP contribution in [-0.2, 0) is 0 Å². The number of hydrogen-bond acceptors (Lipinski definition) is 1. The van der Waals surface area contributed by atoms with Crippen molar-refractivity contribution in [2.75, 3.05) is 19.6 Å². The third-order valence-corrected chi connectivity index (χ3v) is 2.11. The molecule has 0 saturated carbocycles. The molecule has 0 spiro atoms. The summed E-state index contributed by atoms with van der Waals surface area (Å²) in [6, 6.07) is 0. The first kappa shape index (κ1) is 8.49. The van der Waals surface area contributed by atoms with Crippen molar-refractivity contribution in [1.29, 1.82) is 0 Å². The van der Waals surface area contributed by atoms with E-state index < -0.39 is 0 Å². The van der Waals surface area contributed by atoms with Gasteiger partial charge in [-0.2, -0.15) is 0 Å². The summed E-state index contributed by atoms with van der Waals surface area (Å²) < 4.78 is 0. The summed E-state index contributed by atoms with van der Waals surface area (Å²) in [6.45, 7) is 10.7. The fourth-order valence-electron chi connectivity index (χ4n) is 1.41. The molecule has 1 saturated heterocycles. The van der Waals surface area contributed by atoms with Crippen molar-refractivity contribution in [3.63, 3.8) is 0 Å². The van der Waals surface area contributed by atoms with Gasteiger partial charge in [0.05, 0.1) is 0 Å². The summed E-state index contributed by atoms with van der Waals surface area (Å²) in [7, 11) is 2.87. The van der Waals surface area contributed by atoms with Gasteiger partial charge < -0.3 is 4.90 Å². The molecule has 0 amide bonds. The quantitative estimate of drug-likeness (QED) is 0.525. The zero-order chi connectivity index (χ0) is 7.78. The van der Waals surface area contributed by atoms with Crippen LogP contribution in [0.2, 0.25) is 0 Å². The highest BCUT2D eigenvalue weighted by molar-refractivity contribution is 7.17. The Morgan fingerprint density at radius 2 is 1.90 bits per heavy atom. The van der Waals surface area contributed by atoms with Gasteiger partial charge in [-0.15, -0.1) is 9.24 Å². The topological polar surface area (TPSA) is 3.24 Å². The average molecular weight is 159 g/mol. The minimum Gasteiger partial charge on any atom is -0.302 e. The second-order valence-corrected chi connectivity index (χ2v) is 5.46. The summed E-state index contributed by atoms with van der Waals surface area (Å²) in [5.41, 5.74) is 1.34. The van der Waals surface area contributed by atoms with Gasteiger partial charge in [-0.3, -0.25) is 0 Å². The summed E-state index contributed by atoms with van der Waals surface area (Å²) in [6.07, 6.45) is 0. The normalized spacial score (nSPS) is 22.8. The van der Waals surface area contributed by atoms with Crippen molar-refractivity contribution in [3.05, 3.63) is 0 Å². The lowest BCUT2D eigenvalue weighted by Crippen LogP contribution is -2.50. The Labute approximate surface area is 66.4 Å². The van der Waals surface area contributed by atoms with Crippen molar-refractivity contribution in [3.8, 4) is 0 Å². The Balaban J connectivity index is 2.16. The number of hydrogen-bond donors (Lipinski definition) is 0. The Morgan fingerprint density at radius 3 is 2.20 bits per heavy atom. The second-order valence-electron chi connectivity index (χ2n) is 4.51. The number of likely N-dealkylation sites (tertiary alicyclic amines) is 1. The summed E-state index contributed by atoms with van der Waals surface area (Å²) >= 11 is 0. The Bertz CT molecular complexity index is 111. The molecule has 0 N–H and O–H groups in total. The molecule has 1 nitrogen and oxygen atoms in total. The van der Waals surface area contributed by atoms with E-state index in [1.165, 1.54) is 19.6 Å². The second kappa shape index (κ2) is 2.79. The van der Waals surface area contributed by atoms with Crippen LogP contribution in [0.5, 0.6) is 0 Å². The minimum atomic E-state index is 0.477. The van der Waals surface area contributed by atoms with Crippen molar-refractivity contribution in [1.82, 2.24) is 4.90 Å². The standard InChI is InChI=1S/C8H18NP/c1-8(2,3)6-9-4-7(10)5-9/h7H,4-6,10H2,1-3H3. The molecule has 1 rings (SSSR count). The van der Waals surface area contributed by atoms with Crippen LogP contribution in [0, 0.1) is 5.41 Å². The first-order chi connectivity index (χ1) is 4.47. The summed E-state index contributed by atoms with van der Waals surface area (Å²) in [5.74, 6) is 0. The van der Waals surface area contributed by atoms with E-state index >= 15 is 0 Å². The molecule has 1 fully saturated rings. The molecule has 0 aromatic heterocycles. The van der Waals surface area contributed by atoms with Gasteiger partial charge in [0.15, 0.2) is 0 Å². The van der Waals surface area contributed by atoms with Crippen LogP contribution < -0.4 is 0 Å². The van der Waals surface area contributed by atoms with E-state index in [9.17, 15) is 0 Å². The summed E-state index contributed by atoms with van der Waals surface area (Å²) in [5, 5.41) is 0. The van der Waals surface area contributed by atoms with Gasteiger partial charge in [-0.25, -0.2) is 0 Å². The molecule has 60 valence electrons. The molecule has 0 bridgehead atoms. The van der Waals surface area contributed by atoms with Gasteiger partial charge in [0, 0.05) is 19.6 Å². The van der Waals surface area contributed by atoms with Gasteiger partial charge in [0.2, 0.25) is 0 Å². The highest BCUT2D eigenvalue weighted by Crippen LogP contribution is 2.22. The van der Waals surface area contributed by atoms with Crippen molar-refractivity contribution < 1.29 is 0 Å². The molecule has 0 aromatic rings. The Kier molecular flexibility index (Phi) is 2.37. The van der Waals surface area contributed by atoms with Gasteiger partial charge >= 0.3 is 0 Å². The first-order valence-corrected chi connectivity index (χ1v) is 4.62. The fraction of sp³-hybridized carbons (Fsp3) is 1.00. The zero-order valence-corrected chi connectivity index (χ0v) is 8.38. The maximum Gasteiger partial charge on any atom is 0.00571 e. The highest BCUT2D eigenvalue weighted by Gasteiger charge is 2.26. The maximum atomic E-state index is 2.87. The number of nitrogens with zero attached hydrogens (tertiary/aromatic N) is 1. The van der Waals surface area contributed by atoms with Crippen LogP contribution in [0.1, 0.15) is 20.8 Å². The van der Waals surface area contributed by atoms with Crippen LogP contribution >= 0.6 is 9.24 Å². The lowest BCUT2D eigenvalue weighted by atomic mass is 9.94. The third kappa shape index (κ3) is 2.56. The van der Waals surface area contributed by atoms with Crippen LogP contribution in [0.25, 0.3) is 0 Å². The molecule has 1 heterocycles. The lowest BCUT2D eigenvalue weighted by molar-refractivity contribution is 0.131. The van der Waals surface area contributed by atoms with E-state index in [4.69, 9.17) is 0 Å². The highest BCUT2D eigenvalue weighted by atomic mass is 31.0. The zero-order valence-electron chi connectivity index (χ0n) is 7.22. The van der Waals surface area contributed by atoms with Crippen LogP contribution in [-0.4, -0.2) is 30.2 Å². The van der Waals surface area contributed by atoms with Crippen LogP contribution in [0.15, 0.2) is 0 Å². The van der Waals surface area contributed by atoms with Crippen LogP contribution in [0.4, 0.5) is 0 Å². The predicted molar refractivity (Wildman–Crippen MR) is 49.4 cm³/mol. The molecule has 0 aromatic carbocycles. The van der Waals surface area contributed by atoms with Crippen molar-refractivity contribution in [2.24, 2.45) is 5.41 Å². The molecule has 0 radical (unpaired) electrons. The molecule has 1 aliphatic heterocycles. The van der Waals surface area contributed by atoms with E-state index in [0.717, 1.165) is 5.66 Å². The molecule has 2 heteroatoms. The van der Waals surface area contributed by atoms with E-state index in [-0.39, 0.29) is 0 Å². The smallest absolute Gasteiger partial charge is 0.00571 e.